The van der Waals surface area contributed by atoms with E-state index in [1.807, 2.05) is 30.3 Å². The van der Waals surface area contributed by atoms with Gasteiger partial charge in [0.2, 0.25) is 5.13 Å². The molecular formula is C17H11F4N3OS. The maximum atomic E-state index is 13.8. The Morgan fingerprint density at radius 2 is 1.88 bits per heavy atom. The van der Waals surface area contributed by atoms with Gasteiger partial charge in [0.25, 0.3) is 0 Å². The van der Waals surface area contributed by atoms with Crippen molar-refractivity contribution in [3.63, 3.8) is 0 Å². The highest BCUT2D eigenvalue weighted by Gasteiger charge is 2.32. The molecule has 0 saturated heterocycles. The zero-order chi connectivity index (χ0) is 18.7. The van der Waals surface area contributed by atoms with E-state index in [1.54, 1.807) is 5.38 Å². The summed E-state index contributed by atoms with van der Waals surface area (Å²) in [5.74, 6) is -2.08. The third kappa shape index (κ3) is 3.99. The summed E-state index contributed by atoms with van der Waals surface area (Å²) in [5, 5.41) is 15.5. The molecule has 0 unspecified atom stereocenters. The normalized spacial score (nSPS) is 11.8. The Balaban J connectivity index is 1.74. The van der Waals surface area contributed by atoms with E-state index >= 15 is 0 Å². The number of aromatic hydroxyl groups is 1. The molecule has 0 fully saturated rings. The predicted molar refractivity (Wildman–Crippen MR) is 91.8 cm³/mol. The number of alkyl halides is 3. The molecule has 0 atom stereocenters. The van der Waals surface area contributed by atoms with Crippen LogP contribution in [0.25, 0.3) is 11.3 Å². The Labute approximate surface area is 149 Å². The van der Waals surface area contributed by atoms with Crippen LogP contribution in [0.4, 0.5) is 22.7 Å². The SMILES string of the molecule is Oc1cc(C(F)(F)F)cc(F)c1C=NNc1nc(-c2ccccc2)cs1. The molecule has 1 heterocycles. The van der Waals surface area contributed by atoms with E-state index in [9.17, 15) is 22.7 Å². The second-order valence-corrected chi connectivity index (χ2v) is 6.02. The monoisotopic (exact) mass is 381 g/mol. The minimum absolute atomic E-state index is 0.304. The summed E-state index contributed by atoms with van der Waals surface area (Å²) in [5.41, 5.74) is 2.46. The summed E-state index contributed by atoms with van der Waals surface area (Å²) in [6.07, 6.45) is -3.85. The average molecular weight is 381 g/mol. The Morgan fingerprint density at radius 1 is 1.15 bits per heavy atom. The molecule has 0 amide bonds. The zero-order valence-corrected chi connectivity index (χ0v) is 13.8. The lowest BCUT2D eigenvalue weighted by molar-refractivity contribution is -0.137. The van der Waals surface area contributed by atoms with Crippen molar-refractivity contribution in [1.82, 2.24) is 4.98 Å². The number of halogens is 4. The molecule has 0 aliphatic heterocycles. The number of aromatic nitrogens is 1. The number of nitrogens with zero attached hydrogens (tertiary/aromatic N) is 2. The Hall–Kier alpha value is -2.94. The maximum Gasteiger partial charge on any atom is 0.416 e. The van der Waals surface area contributed by atoms with Crippen LogP contribution in [0.2, 0.25) is 0 Å². The van der Waals surface area contributed by atoms with Crippen LogP contribution in [0.5, 0.6) is 5.75 Å². The van der Waals surface area contributed by atoms with Gasteiger partial charge in [-0.25, -0.2) is 9.37 Å². The van der Waals surface area contributed by atoms with Gasteiger partial charge in [0.05, 0.1) is 23.0 Å². The summed E-state index contributed by atoms with van der Waals surface area (Å²) in [4.78, 5) is 4.29. The highest BCUT2D eigenvalue weighted by Crippen LogP contribution is 2.33. The molecule has 0 bridgehead atoms. The molecule has 134 valence electrons. The largest absolute Gasteiger partial charge is 0.507 e. The highest BCUT2D eigenvalue weighted by molar-refractivity contribution is 7.14. The molecule has 2 aromatic carbocycles. The number of hydrogen-bond acceptors (Lipinski definition) is 5. The van der Waals surface area contributed by atoms with E-state index in [0.717, 1.165) is 17.5 Å². The van der Waals surface area contributed by atoms with E-state index in [-0.39, 0.29) is 0 Å². The van der Waals surface area contributed by atoms with Crippen LogP contribution >= 0.6 is 11.3 Å². The van der Waals surface area contributed by atoms with Crippen LogP contribution in [0.1, 0.15) is 11.1 Å². The number of anilines is 1. The number of rotatable bonds is 4. The molecule has 9 heteroatoms. The van der Waals surface area contributed by atoms with Crippen molar-refractivity contribution >= 4 is 22.7 Å². The van der Waals surface area contributed by atoms with Crippen LogP contribution < -0.4 is 5.43 Å². The summed E-state index contributed by atoms with van der Waals surface area (Å²) in [6.45, 7) is 0. The smallest absolute Gasteiger partial charge is 0.416 e. The molecule has 26 heavy (non-hydrogen) atoms. The van der Waals surface area contributed by atoms with Crippen LogP contribution in [-0.4, -0.2) is 16.3 Å². The van der Waals surface area contributed by atoms with Crippen molar-refractivity contribution in [2.24, 2.45) is 5.10 Å². The Morgan fingerprint density at radius 3 is 2.54 bits per heavy atom. The minimum Gasteiger partial charge on any atom is -0.507 e. The first kappa shape index (κ1) is 17.9. The fourth-order valence-electron chi connectivity index (χ4n) is 2.11. The number of phenolic OH excluding ortho intramolecular Hbond substituents is 1. The van der Waals surface area contributed by atoms with E-state index in [0.29, 0.717) is 17.3 Å². The Kier molecular flexibility index (Phi) is 4.90. The summed E-state index contributed by atoms with van der Waals surface area (Å²) in [7, 11) is 0. The van der Waals surface area contributed by atoms with Gasteiger partial charge in [-0.05, 0) is 12.1 Å². The lowest BCUT2D eigenvalue weighted by Gasteiger charge is -2.09. The van der Waals surface area contributed by atoms with Crippen LogP contribution in [0.3, 0.4) is 0 Å². The number of hydrazone groups is 1. The molecule has 1 aromatic heterocycles. The third-order valence-corrected chi connectivity index (χ3v) is 4.11. The van der Waals surface area contributed by atoms with Crippen molar-refractivity contribution in [2.45, 2.75) is 6.18 Å². The van der Waals surface area contributed by atoms with E-state index in [4.69, 9.17) is 0 Å². The lowest BCUT2D eigenvalue weighted by atomic mass is 10.1. The summed E-state index contributed by atoms with van der Waals surface area (Å²) < 4.78 is 51.5. The fourth-order valence-corrected chi connectivity index (χ4v) is 2.78. The van der Waals surface area contributed by atoms with Gasteiger partial charge in [0, 0.05) is 10.9 Å². The van der Waals surface area contributed by atoms with Gasteiger partial charge in [-0.2, -0.15) is 18.3 Å². The van der Waals surface area contributed by atoms with E-state index in [2.05, 4.69) is 15.5 Å². The van der Waals surface area contributed by atoms with Crippen molar-refractivity contribution in [2.75, 3.05) is 5.43 Å². The number of phenols is 1. The quantitative estimate of drug-likeness (QED) is 0.375. The fraction of sp³-hybridized carbons (Fsp3) is 0.0588. The van der Waals surface area contributed by atoms with Crippen molar-refractivity contribution < 1.29 is 22.7 Å². The molecule has 2 N–H and O–H groups in total. The Bertz CT molecular complexity index is 916. The van der Waals surface area contributed by atoms with Gasteiger partial charge in [-0.1, -0.05) is 30.3 Å². The molecule has 3 aromatic rings. The van der Waals surface area contributed by atoms with Gasteiger partial charge >= 0.3 is 6.18 Å². The number of benzene rings is 2. The predicted octanol–water partition coefficient (Wildman–Crippen LogP) is 5.12. The second kappa shape index (κ2) is 7.12. The van der Waals surface area contributed by atoms with Crippen molar-refractivity contribution in [3.8, 4) is 17.0 Å². The molecule has 4 nitrogen and oxygen atoms in total. The van der Waals surface area contributed by atoms with Gasteiger partial charge in [-0.3, -0.25) is 5.43 Å². The molecule has 0 saturated carbocycles. The number of hydrogen-bond donors (Lipinski definition) is 2. The lowest BCUT2D eigenvalue weighted by Crippen LogP contribution is -2.06. The first-order valence-electron chi connectivity index (χ1n) is 7.24. The summed E-state index contributed by atoms with van der Waals surface area (Å²) >= 11 is 1.25. The van der Waals surface area contributed by atoms with Gasteiger partial charge in [0.1, 0.15) is 11.6 Å². The molecule has 0 radical (unpaired) electrons. The number of thiazole rings is 1. The second-order valence-electron chi connectivity index (χ2n) is 5.16. The summed E-state index contributed by atoms with van der Waals surface area (Å²) in [6, 6.07) is 10.1. The molecular weight excluding hydrogens is 370 g/mol. The van der Waals surface area contributed by atoms with Crippen LogP contribution in [0, 0.1) is 5.82 Å². The number of nitrogens with one attached hydrogen (secondary N) is 1. The van der Waals surface area contributed by atoms with Crippen molar-refractivity contribution in [1.29, 1.82) is 0 Å². The average Bonchev–Trinajstić information content (AvgIpc) is 3.06. The van der Waals surface area contributed by atoms with Crippen molar-refractivity contribution in [3.05, 3.63) is 64.8 Å². The third-order valence-electron chi connectivity index (χ3n) is 3.36. The van der Waals surface area contributed by atoms with Crippen LogP contribution in [0.15, 0.2) is 52.9 Å². The highest BCUT2D eigenvalue weighted by atomic mass is 32.1. The first-order valence-corrected chi connectivity index (χ1v) is 8.12. The maximum absolute atomic E-state index is 13.8. The van der Waals surface area contributed by atoms with Crippen LogP contribution in [-0.2, 0) is 6.18 Å². The standard InChI is InChI=1S/C17H11F4N3OS/c18-13-6-11(17(19,20)21)7-15(25)12(13)8-22-24-16-23-14(9-26-16)10-4-2-1-3-5-10/h1-9,25H,(H,23,24). The topological polar surface area (TPSA) is 57.5 Å². The molecule has 3 rings (SSSR count). The molecule has 0 aliphatic rings. The van der Waals surface area contributed by atoms with Gasteiger partial charge in [0.15, 0.2) is 0 Å². The zero-order valence-electron chi connectivity index (χ0n) is 13.0. The minimum atomic E-state index is -4.75. The molecule has 0 spiro atoms. The van der Waals surface area contributed by atoms with E-state index < -0.39 is 28.9 Å². The molecule has 0 aliphatic carbocycles. The van der Waals surface area contributed by atoms with Gasteiger partial charge < -0.3 is 5.11 Å². The van der Waals surface area contributed by atoms with Gasteiger partial charge in [-0.15, -0.1) is 11.3 Å². The van der Waals surface area contributed by atoms with E-state index in [1.165, 1.54) is 11.3 Å². The first-order chi connectivity index (χ1) is 12.3.